The second kappa shape index (κ2) is 13.1. The molecule has 1 heterocycles. The molecule has 1 aromatic heterocycles. The fraction of sp³-hybridized carbons (Fsp3) is 0.308. The maximum absolute atomic E-state index is 13.0. The molecule has 3 rings (SSSR count). The number of carbonyl (C=O) groups excluding carboxylic acids is 2. The summed E-state index contributed by atoms with van der Waals surface area (Å²) in [5.41, 5.74) is 0.989. The van der Waals surface area contributed by atoms with Crippen molar-refractivity contribution in [3.05, 3.63) is 77.6 Å². The summed E-state index contributed by atoms with van der Waals surface area (Å²) in [5, 5.41) is 15.6. The summed E-state index contributed by atoms with van der Waals surface area (Å²) in [6.45, 7) is 8.41. The van der Waals surface area contributed by atoms with Crippen molar-refractivity contribution in [3.63, 3.8) is 0 Å². The number of anilines is 1. The number of para-hydroxylation sites is 2. The second-order valence-corrected chi connectivity index (χ2v) is 9.76. The molecule has 1 atom stereocenters. The van der Waals surface area contributed by atoms with Crippen LogP contribution in [0.15, 0.2) is 66.3 Å². The Kier molecular flexibility index (Phi) is 9.95. The standard InChI is InChI=1S/C26H30ClN5O3S/c1-5-14-32-24(21(15-17(2)3)29-25(34)18-10-6-7-11-19(18)27)30-31-26(32)36-16-23(33)28-20-12-8-9-13-22(20)35-4/h5-13,17,21H,1,14-16H2,2-4H3,(H,28,33)(H,29,34)/t21-/m0/s1. The number of methoxy groups -OCH3 is 1. The van der Waals surface area contributed by atoms with Crippen molar-refractivity contribution in [1.82, 2.24) is 20.1 Å². The first-order valence-electron chi connectivity index (χ1n) is 11.5. The Morgan fingerprint density at radius 1 is 1.17 bits per heavy atom. The maximum atomic E-state index is 13.0. The summed E-state index contributed by atoms with van der Waals surface area (Å²) in [7, 11) is 1.55. The highest BCUT2D eigenvalue weighted by molar-refractivity contribution is 7.99. The van der Waals surface area contributed by atoms with E-state index in [-0.39, 0.29) is 23.5 Å². The number of halogens is 1. The summed E-state index contributed by atoms with van der Waals surface area (Å²) in [4.78, 5) is 25.6. The van der Waals surface area contributed by atoms with Crippen molar-refractivity contribution in [3.8, 4) is 5.75 Å². The number of aromatic nitrogens is 3. The number of nitrogens with one attached hydrogen (secondary N) is 2. The minimum atomic E-state index is -0.405. The van der Waals surface area contributed by atoms with Crippen molar-refractivity contribution in [1.29, 1.82) is 0 Å². The van der Waals surface area contributed by atoms with E-state index >= 15 is 0 Å². The van der Waals surface area contributed by atoms with Gasteiger partial charge in [0.15, 0.2) is 11.0 Å². The molecule has 10 heteroatoms. The van der Waals surface area contributed by atoms with Crippen LogP contribution in [0, 0.1) is 5.92 Å². The highest BCUT2D eigenvalue weighted by atomic mass is 35.5. The number of carbonyl (C=O) groups is 2. The number of thioether (sulfide) groups is 1. The summed E-state index contributed by atoms with van der Waals surface area (Å²) in [6.07, 6.45) is 2.37. The Labute approximate surface area is 220 Å². The smallest absolute Gasteiger partial charge is 0.253 e. The molecule has 3 aromatic rings. The van der Waals surface area contributed by atoms with Crippen molar-refractivity contribution >= 4 is 40.9 Å². The molecule has 2 N–H and O–H groups in total. The van der Waals surface area contributed by atoms with E-state index in [1.165, 1.54) is 11.8 Å². The number of ether oxygens (including phenoxy) is 1. The van der Waals surface area contributed by atoms with Gasteiger partial charge in [-0.15, -0.1) is 16.8 Å². The summed E-state index contributed by atoms with van der Waals surface area (Å²) >= 11 is 7.49. The van der Waals surface area contributed by atoms with Crippen LogP contribution in [0.1, 0.15) is 42.5 Å². The number of rotatable bonds is 12. The van der Waals surface area contributed by atoms with Gasteiger partial charge in [-0.2, -0.15) is 0 Å². The SMILES string of the molecule is C=CCn1c(SCC(=O)Nc2ccccc2OC)nnc1[C@H](CC(C)C)NC(=O)c1ccccc1Cl. The van der Waals surface area contributed by atoms with E-state index in [1.807, 2.05) is 16.7 Å². The molecule has 190 valence electrons. The largest absolute Gasteiger partial charge is 0.495 e. The van der Waals surface area contributed by atoms with Crippen LogP contribution in [-0.4, -0.2) is 39.4 Å². The van der Waals surface area contributed by atoms with Gasteiger partial charge in [0, 0.05) is 6.54 Å². The molecule has 0 spiro atoms. The quantitative estimate of drug-likeness (QED) is 0.242. The molecule has 0 aliphatic rings. The number of allylic oxidation sites excluding steroid dienone is 1. The lowest BCUT2D eigenvalue weighted by atomic mass is 10.0. The molecule has 0 saturated heterocycles. The fourth-order valence-electron chi connectivity index (χ4n) is 3.61. The van der Waals surface area contributed by atoms with Crippen molar-refractivity contribution in [2.45, 2.75) is 38.0 Å². The monoisotopic (exact) mass is 527 g/mol. The zero-order valence-electron chi connectivity index (χ0n) is 20.5. The lowest BCUT2D eigenvalue weighted by Crippen LogP contribution is -2.32. The van der Waals surface area contributed by atoms with Gasteiger partial charge >= 0.3 is 0 Å². The molecule has 0 saturated carbocycles. The molecule has 0 radical (unpaired) electrons. The van der Waals surface area contributed by atoms with Crippen LogP contribution in [0.25, 0.3) is 0 Å². The Morgan fingerprint density at radius 3 is 2.58 bits per heavy atom. The van der Waals surface area contributed by atoms with E-state index < -0.39 is 6.04 Å². The van der Waals surface area contributed by atoms with Crippen LogP contribution in [0.5, 0.6) is 5.75 Å². The molecular formula is C26H30ClN5O3S. The predicted octanol–water partition coefficient (Wildman–Crippen LogP) is 5.37. The van der Waals surface area contributed by atoms with E-state index in [2.05, 4.69) is 41.3 Å². The lowest BCUT2D eigenvalue weighted by Gasteiger charge is -2.21. The van der Waals surface area contributed by atoms with E-state index in [9.17, 15) is 9.59 Å². The first kappa shape index (κ1) is 27.3. The van der Waals surface area contributed by atoms with Gasteiger partial charge < -0.3 is 19.9 Å². The number of nitrogens with zero attached hydrogens (tertiary/aromatic N) is 3. The maximum Gasteiger partial charge on any atom is 0.253 e. The number of hydrogen-bond acceptors (Lipinski definition) is 6. The summed E-state index contributed by atoms with van der Waals surface area (Å²) in [5.74, 6) is 1.08. The summed E-state index contributed by atoms with van der Waals surface area (Å²) < 4.78 is 7.16. The van der Waals surface area contributed by atoms with Crippen LogP contribution in [0.3, 0.4) is 0 Å². The number of benzene rings is 2. The minimum Gasteiger partial charge on any atom is -0.495 e. The van der Waals surface area contributed by atoms with E-state index in [0.717, 1.165) is 0 Å². The van der Waals surface area contributed by atoms with Crippen molar-refractivity contribution in [2.75, 3.05) is 18.2 Å². The van der Waals surface area contributed by atoms with Gasteiger partial charge in [-0.05, 0) is 36.6 Å². The highest BCUT2D eigenvalue weighted by Crippen LogP contribution is 2.27. The van der Waals surface area contributed by atoms with Gasteiger partial charge in [-0.3, -0.25) is 9.59 Å². The molecular weight excluding hydrogens is 498 g/mol. The third-order valence-electron chi connectivity index (χ3n) is 5.21. The molecule has 2 amide bonds. The second-order valence-electron chi connectivity index (χ2n) is 8.41. The van der Waals surface area contributed by atoms with Gasteiger partial charge in [0.2, 0.25) is 5.91 Å². The third-order valence-corrected chi connectivity index (χ3v) is 6.51. The zero-order chi connectivity index (χ0) is 26.1. The van der Waals surface area contributed by atoms with E-state index in [1.54, 1.807) is 49.6 Å². The molecule has 36 heavy (non-hydrogen) atoms. The summed E-state index contributed by atoms with van der Waals surface area (Å²) in [6, 6.07) is 13.7. The van der Waals surface area contributed by atoms with Gasteiger partial charge in [-0.1, -0.05) is 67.6 Å². The molecule has 8 nitrogen and oxygen atoms in total. The van der Waals surface area contributed by atoms with Crippen molar-refractivity contribution < 1.29 is 14.3 Å². The van der Waals surface area contributed by atoms with Crippen LogP contribution in [0.4, 0.5) is 5.69 Å². The zero-order valence-corrected chi connectivity index (χ0v) is 22.1. The van der Waals surface area contributed by atoms with Gasteiger partial charge in [0.25, 0.3) is 5.91 Å². The first-order valence-corrected chi connectivity index (χ1v) is 12.8. The van der Waals surface area contributed by atoms with Gasteiger partial charge in [-0.25, -0.2) is 0 Å². The highest BCUT2D eigenvalue weighted by Gasteiger charge is 2.25. The topological polar surface area (TPSA) is 98.1 Å². The number of hydrogen-bond donors (Lipinski definition) is 2. The van der Waals surface area contributed by atoms with Gasteiger partial charge in [0.05, 0.1) is 35.2 Å². The average Bonchev–Trinajstić information content (AvgIpc) is 3.25. The van der Waals surface area contributed by atoms with Crippen molar-refractivity contribution in [2.24, 2.45) is 5.92 Å². The molecule has 0 aliphatic carbocycles. The Hall–Kier alpha value is -3.30. The van der Waals surface area contributed by atoms with E-state index in [0.29, 0.717) is 46.0 Å². The van der Waals surface area contributed by atoms with Crippen LogP contribution in [0.2, 0.25) is 5.02 Å². The van der Waals surface area contributed by atoms with E-state index in [4.69, 9.17) is 16.3 Å². The molecule has 0 fully saturated rings. The Balaban J connectivity index is 1.78. The molecule has 0 unspecified atom stereocenters. The Bertz CT molecular complexity index is 1210. The average molecular weight is 528 g/mol. The van der Waals surface area contributed by atoms with Crippen LogP contribution >= 0.6 is 23.4 Å². The van der Waals surface area contributed by atoms with Crippen LogP contribution in [-0.2, 0) is 11.3 Å². The number of amides is 2. The lowest BCUT2D eigenvalue weighted by molar-refractivity contribution is -0.113. The predicted molar refractivity (Wildman–Crippen MR) is 144 cm³/mol. The fourth-order valence-corrected chi connectivity index (χ4v) is 4.59. The normalized spacial score (nSPS) is 11.7. The Morgan fingerprint density at radius 2 is 1.89 bits per heavy atom. The minimum absolute atomic E-state index is 0.119. The molecule has 2 aromatic carbocycles. The molecule has 0 aliphatic heterocycles. The third kappa shape index (κ3) is 7.11. The van der Waals surface area contributed by atoms with Gasteiger partial charge in [0.1, 0.15) is 5.75 Å². The van der Waals surface area contributed by atoms with Crippen LogP contribution < -0.4 is 15.4 Å². The molecule has 0 bridgehead atoms. The first-order chi connectivity index (χ1) is 17.3.